The smallest absolute Gasteiger partial charge is 0.263 e. The highest BCUT2D eigenvalue weighted by atomic mass is 32.1. The minimum Gasteiger partial charge on any atom is -0.397 e. The summed E-state index contributed by atoms with van der Waals surface area (Å²) in [6.07, 6.45) is 5.16. The quantitative estimate of drug-likeness (QED) is 0.883. The Morgan fingerprint density at radius 2 is 2.08 bits per heavy atom. The SMILES string of the molecule is CNC(=O)c1sc2nc(C3CCCN3C(=O)C3CCC3)ccc2c1N. The summed E-state index contributed by atoms with van der Waals surface area (Å²) in [7, 11) is 1.59. The van der Waals surface area contributed by atoms with Crippen molar-refractivity contribution in [1.29, 1.82) is 0 Å². The molecule has 1 aliphatic heterocycles. The van der Waals surface area contributed by atoms with Crippen molar-refractivity contribution in [3.05, 3.63) is 22.7 Å². The molecule has 1 aliphatic carbocycles. The van der Waals surface area contributed by atoms with E-state index in [2.05, 4.69) is 5.32 Å². The van der Waals surface area contributed by atoms with Crippen LogP contribution in [0.1, 0.15) is 53.5 Å². The van der Waals surface area contributed by atoms with Crippen LogP contribution >= 0.6 is 11.3 Å². The molecule has 6 nitrogen and oxygen atoms in total. The first kappa shape index (κ1) is 16.3. The minimum atomic E-state index is -0.190. The first-order valence-electron chi connectivity index (χ1n) is 8.81. The predicted molar refractivity (Wildman–Crippen MR) is 98.5 cm³/mol. The van der Waals surface area contributed by atoms with Crippen LogP contribution in [0.25, 0.3) is 10.2 Å². The number of anilines is 1. The third-order valence-electron chi connectivity index (χ3n) is 5.38. The zero-order valence-electron chi connectivity index (χ0n) is 14.2. The molecule has 2 amide bonds. The third kappa shape index (κ3) is 2.66. The number of nitrogens with two attached hydrogens (primary N) is 1. The number of amides is 2. The fraction of sp³-hybridized carbons (Fsp3) is 0.500. The standard InChI is InChI=1S/C18H22N4O2S/c1-20-16(23)15-14(19)11-7-8-12(21-17(11)25-15)13-6-3-9-22(13)18(24)10-4-2-5-10/h7-8,10,13H,2-6,9,19H2,1H3,(H,20,23). The average molecular weight is 358 g/mol. The molecule has 1 saturated heterocycles. The number of thiophene rings is 1. The predicted octanol–water partition coefficient (Wildman–Crippen LogP) is 2.70. The van der Waals surface area contributed by atoms with Gasteiger partial charge in [-0.3, -0.25) is 9.59 Å². The summed E-state index contributed by atoms with van der Waals surface area (Å²) >= 11 is 1.31. The highest BCUT2D eigenvalue weighted by Crippen LogP contribution is 2.39. The first-order chi connectivity index (χ1) is 12.1. The van der Waals surface area contributed by atoms with Crippen LogP contribution in [0.2, 0.25) is 0 Å². The Bertz CT molecular complexity index is 843. The number of fused-ring (bicyclic) bond motifs is 1. The van der Waals surface area contributed by atoms with E-state index in [9.17, 15) is 9.59 Å². The third-order valence-corrected chi connectivity index (χ3v) is 6.49. The molecule has 1 saturated carbocycles. The second-order valence-electron chi connectivity index (χ2n) is 6.83. The number of rotatable bonds is 3. The van der Waals surface area contributed by atoms with E-state index in [4.69, 9.17) is 10.7 Å². The van der Waals surface area contributed by atoms with E-state index in [0.717, 1.165) is 54.6 Å². The van der Waals surface area contributed by atoms with E-state index in [1.54, 1.807) is 7.05 Å². The van der Waals surface area contributed by atoms with Gasteiger partial charge < -0.3 is 16.0 Å². The Morgan fingerprint density at radius 3 is 2.76 bits per heavy atom. The number of carbonyl (C=O) groups excluding carboxylic acids is 2. The molecule has 25 heavy (non-hydrogen) atoms. The van der Waals surface area contributed by atoms with Gasteiger partial charge in [-0.05, 0) is 37.8 Å². The number of nitrogens with zero attached hydrogens (tertiary/aromatic N) is 2. The monoisotopic (exact) mass is 358 g/mol. The normalized spacial score (nSPS) is 20.7. The van der Waals surface area contributed by atoms with Gasteiger partial charge in [-0.2, -0.15) is 0 Å². The van der Waals surface area contributed by atoms with Crippen LogP contribution in [0.15, 0.2) is 12.1 Å². The summed E-state index contributed by atoms with van der Waals surface area (Å²) in [4.78, 5) is 32.7. The highest BCUT2D eigenvalue weighted by Gasteiger charge is 2.37. The largest absolute Gasteiger partial charge is 0.397 e. The van der Waals surface area contributed by atoms with E-state index in [-0.39, 0.29) is 23.8 Å². The molecule has 0 aromatic carbocycles. The maximum Gasteiger partial charge on any atom is 0.263 e. The number of aromatic nitrogens is 1. The average Bonchev–Trinajstić information content (AvgIpc) is 3.17. The second-order valence-corrected chi connectivity index (χ2v) is 7.83. The molecule has 7 heteroatoms. The summed E-state index contributed by atoms with van der Waals surface area (Å²) < 4.78 is 0. The van der Waals surface area contributed by atoms with Gasteiger partial charge in [0.1, 0.15) is 9.71 Å². The van der Waals surface area contributed by atoms with Crippen LogP contribution < -0.4 is 11.1 Å². The molecule has 2 fully saturated rings. The van der Waals surface area contributed by atoms with Gasteiger partial charge in [0, 0.05) is 24.9 Å². The van der Waals surface area contributed by atoms with Crippen molar-refractivity contribution in [1.82, 2.24) is 15.2 Å². The topological polar surface area (TPSA) is 88.3 Å². The lowest BCUT2D eigenvalue weighted by Crippen LogP contribution is -2.38. The van der Waals surface area contributed by atoms with Crippen LogP contribution in [0.3, 0.4) is 0 Å². The molecule has 132 valence electrons. The fourth-order valence-corrected chi connectivity index (χ4v) is 4.75. The lowest BCUT2D eigenvalue weighted by atomic mass is 9.84. The van der Waals surface area contributed by atoms with Crippen molar-refractivity contribution < 1.29 is 9.59 Å². The van der Waals surface area contributed by atoms with Crippen molar-refractivity contribution in [3.63, 3.8) is 0 Å². The van der Waals surface area contributed by atoms with E-state index in [0.29, 0.717) is 10.6 Å². The number of likely N-dealkylation sites (tertiary alicyclic amines) is 1. The van der Waals surface area contributed by atoms with Gasteiger partial charge in [0.2, 0.25) is 5.91 Å². The molecular formula is C18H22N4O2S. The van der Waals surface area contributed by atoms with Gasteiger partial charge in [0.05, 0.1) is 17.4 Å². The Hall–Kier alpha value is -2.15. The number of nitrogen functional groups attached to an aromatic ring is 1. The number of pyridine rings is 1. The van der Waals surface area contributed by atoms with Gasteiger partial charge in [-0.15, -0.1) is 11.3 Å². The molecule has 1 unspecified atom stereocenters. The molecule has 3 N–H and O–H groups in total. The van der Waals surface area contributed by atoms with Crippen molar-refractivity contribution in [3.8, 4) is 0 Å². The van der Waals surface area contributed by atoms with Crippen molar-refractivity contribution >= 4 is 39.1 Å². The van der Waals surface area contributed by atoms with Gasteiger partial charge in [-0.1, -0.05) is 6.42 Å². The Morgan fingerprint density at radius 1 is 1.28 bits per heavy atom. The molecule has 2 aromatic rings. The Kier molecular flexibility index (Phi) is 4.11. The van der Waals surface area contributed by atoms with Crippen molar-refractivity contribution in [2.45, 2.75) is 38.1 Å². The summed E-state index contributed by atoms with van der Waals surface area (Å²) in [5.41, 5.74) is 7.49. The lowest BCUT2D eigenvalue weighted by Gasteiger charge is -2.32. The number of carbonyl (C=O) groups is 2. The van der Waals surface area contributed by atoms with Crippen LogP contribution in [0.5, 0.6) is 0 Å². The van der Waals surface area contributed by atoms with E-state index >= 15 is 0 Å². The zero-order chi connectivity index (χ0) is 17.6. The molecule has 4 rings (SSSR count). The Balaban J connectivity index is 1.66. The fourth-order valence-electron chi connectivity index (χ4n) is 3.71. The maximum atomic E-state index is 12.7. The van der Waals surface area contributed by atoms with E-state index in [1.165, 1.54) is 11.3 Å². The van der Waals surface area contributed by atoms with Crippen molar-refractivity contribution in [2.24, 2.45) is 5.92 Å². The maximum absolute atomic E-state index is 12.7. The van der Waals surface area contributed by atoms with Gasteiger partial charge >= 0.3 is 0 Å². The summed E-state index contributed by atoms with van der Waals surface area (Å²) in [5.74, 6) is 0.304. The number of hydrogen-bond donors (Lipinski definition) is 2. The number of hydrogen-bond acceptors (Lipinski definition) is 5. The molecule has 0 spiro atoms. The summed E-state index contributed by atoms with van der Waals surface area (Å²) in [5, 5.41) is 3.42. The first-order valence-corrected chi connectivity index (χ1v) is 9.63. The van der Waals surface area contributed by atoms with Gasteiger partial charge in [-0.25, -0.2) is 4.98 Å². The van der Waals surface area contributed by atoms with E-state index in [1.807, 2.05) is 17.0 Å². The summed E-state index contributed by atoms with van der Waals surface area (Å²) in [6.45, 7) is 0.815. The van der Waals surface area contributed by atoms with E-state index < -0.39 is 0 Å². The molecule has 1 atom stereocenters. The molecule has 3 heterocycles. The van der Waals surface area contributed by atoms with Crippen molar-refractivity contribution in [2.75, 3.05) is 19.3 Å². The lowest BCUT2D eigenvalue weighted by molar-refractivity contribution is -0.139. The molecule has 2 aromatic heterocycles. The van der Waals surface area contributed by atoms with Crippen LogP contribution in [-0.2, 0) is 4.79 Å². The molecule has 0 bridgehead atoms. The molecular weight excluding hydrogens is 336 g/mol. The zero-order valence-corrected chi connectivity index (χ0v) is 15.1. The van der Waals surface area contributed by atoms with Gasteiger partial charge in [0.15, 0.2) is 0 Å². The van der Waals surface area contributed by atoms with Crippen LogP contribution in [-0.4, -0.2) is 35.3 Å². The van der Waals surface area contributed by atoms with Crippen LogP contribution in [0, 0.1) is 5.92 Å². The molecule has 0 radical (unpaired) electrons. The second kappa shape index (κ2) is 6.29. The van der Waals surface area contributed by atoms with Crippen LogP contribution in [0.4, 0.5) is 5.69 Å². The number of nitrogens with one attached hydrogen (secondary N) is 1. The molecule has 2 aliphatic rings. The minimum absolute atomic E-state index is 0.0456. The highest BCUT2D eigenvalue weighted by molar-refractivity contribution is 7.21. The summed E-state index contributed by atoms with van der Waals surface area (Å²) in [6, 6.07) is 3.93. The van der Waals surface area contributed by atoms with Gasteiger partial charge in [0.25, 0.3) is 5.91 Å². The Labute approximate surface area is 150 Å².